The van der Waals surface area contributed by atoms with Crippen LogP contribution in [0.3, 0.4) is 0 Å². The number of nitrogens with zero attached hydrogens (tertiary/aromatic N) is 6. The van der Waals surface area contributed by atoms with Crippen LogP contribution in [0.2, 0.25) is 0 Å². The zero-order valence-electron chi connectivity index (χ0n) is 18.1. The molecule has 2 aromatic heterocycles. The highest BCUT2D eigenvalue weighted by atomic mass is 19.1. The standard InChI is InChI=1S/C22H27FN6O2/c1-22(2,3)29-20-16(14-25-29)21(31)28(15-24-20)9-8-19(30)27-12-10-26(11-13-27)18-7-5-4-6-17(18)23/h4-7,14-15H,8-13H2,1-3H3. The van der Waals surface area contributed by atoms with Crippen molar-refractivity contribution in [2.24, 2.45) is 0 Å². The predicted octanol–water partition coefficient (Wildman–Crippen LogP) is 2.23. The van der Waals surface area contributed by atoms with E-state index >= 15 is 0 Å². The smallest absolute Gasteiger partial charge is 0.264 e. The number of aryl methyl sites for hydroxylation is 1. The molecule has 9 heteroatoms. The van der Waals surface area contributed by atoms with Crippen LogP contribution in [-0.4, -0.2) is 56.3 Å². The molecule has 0 atom stereocenters. The van der Waals surface area contributed by atoms with Crippen molar-refractivity contribution in [3.8, 4) is 0 Å². The van der Waals surface area contributed by atoms with Crippen LogP contribution in [-0.2, 0) is 16.9 Å². The summed E-state index contributed by atoms with van der Waals surface area (Å²) in [4.78, 5) is 33.6. The third kappa shape index (κ3) is 4.17. The molecule has 1 saturated heterocycles. The predicted molar refractivity (Wildman–Crippen MR) is 117 cm³/mol. The molecule has 1 aromatic carbocycles. The largest absolute Gasteiger partial charge is 0.366 e. The zero-order valence-corrected chi connectivity index (χ0v) is 18.1. The van der Waals surface area contributed by atoms with Gasteiger partial charge in [0.05, 0.1) is 23.8 Å². The van der Waals surface area contributed by atoms with Crippen LogP contribution in [0.25, 0.3) is 11.0 Å². The van der Waals surface area contributed by atoms with E-state index in [0.29, 0.717) is 42.9 Å². The Balaban J connectivity index is 1.38. The lowest BCUT2D eigenvalue weighted by Gasteiger charge is -2.36. The molecule has 8 nitrogen and oxygen atoms in total. The Hall–Kier alpha value is -3.23. The number of piperazine rings is 1. The van der Waals surface area contributed by atoms with Crippen molar-refractivity contribution in [1.82, 2.24) is 24.2 Å². The summed E-state index contributed by atoms with van der Waals surface area (Å²) in [6, 6.07) is 6.68. The number of para-hydroxylation sites is 1. The Morgan fingerprint density at radius 2 is 1.84 bits per heavy atom. The fourth-order valence-electron chi connectivity index (χ4n) is 3.88. The summed E-state index contributed by atoms with van der Waals surface area (Å²) in [7, 11) is 0. The average molecular weight is 426 g/mol. The number of hydrogen-bond acceptors (Lipinski definition) is 5. The summed E-state index contributed by atoms with van der Waals surface area (Å²) in [6.07, 6.45) is 3.23. The molecule has 31 heavy (non-hydrogen) atoms. The number of rotatable bonds is 4. The maximum atomic E-state index is 14.0. The Bertz CT molecular complexity index is 1150. The van der Waals surface area contributed by atoms with Gasteiger partial charge in [-0.2, -0.15) is 5.10 Å². The second kappa shape index (κ2) is 8.13. The highest BCUT2D eigenvalue weighted by Crippen LogP contribution is 2.20. The van der Waals surface area contributed by atoms with Crippen molar-refractivity contribution in [3.05, 3.63) is 53.0 Å². The van der Waals surface area contributed by atoms with Crippen LogP contribution in [0, 0.1) is 5.82 Å². The molecule has 0 spiro atoms. The first-order valence-corrected chi connectivity index (χ1v) is 10.5. The van der Waals surface area contributed by atoms with E-state index in [2.05, 4.69) is 10.1 Å². The number of fused-ring (bicyclic) bond motifs is 1. The van der Waals surface area contributed by atoms with Crippen LogP contribution in [0.5, 0.6) is 0 Å². The first-order chi connectivity index (χ1) is 14.8. The second-order valence-electron chi connectivity index (χ2n) is 8.78. The fourth-order valence-corrected chi connectivity index (χ4v) is 3.88. The van der Waals surface area contributed by atoms with E-state index in [4.69, 9.17) is 0 Å². The zero-order chi connectivity index (χ0) is 22.2. The van der Waals surface area contributed by atoms with Gasteiger partial charge >= 0.3 is 0 Å². The van der Waals surface area contributed by atoms with Crippen molar-refractivity contribution < 1.29 is 9.18 Å². The molecular formula is C22H27FN6O2. The number of aromatic nitrogens is 4. The van der Waals surface area contributed by atoms with Crippen LogP contribution in [0.15, 0.2) is 41.6 Å². The lowest BCUT2D eigenvalue weighted by Crippen LogP contribution is -2.49. The van der Waals surface area contributed by atoms with E-state index in [1.807, 2.05) is 31.7 Å². The van der Waals surface area contributed by atoms with E-state index in [-0.39, 0.29) is 35.8 Å². The van der Waals surface area contributed by atoms with Gasteiger partial charge in [0.1, 0.15) is 11.2 Å². The highest BCUT2D eigenvalue weighted by Gasteiger charge is 2.23. The van der Waals surface area contributed by atoms with Gasteiger partial charge in [0, 0.05) is 39.1 Å². The number of carbonyl (C=O) groups is 1. The van der Waals surface area contributed by atoms with Gasteiger partial charge in [-0.3, -0.25) is 14.2 Å². The molecule has 1 amide bonds. The molecule has 0 radical (unpaired) electrons. The molecule has 0 saturated carbocycles. The van der Waals surface area contributed by atoms with Crippen LogP contribution >= 0.6 is 0 Å². The Labute approximate surface area is 179 Å². The summed E-state index contributed by atoms with van der Waals surface area (Å²) in [6.45, 7) is 8.45. The van der Waals surface area contributed by atoms with Crippen molar-refractivity contribution in [2.45, 2.75) is 39.3 Å². The van der Waals surface area contributed by atoms with Gasteiger partial charge in [0.25, 0.3) is 5.56 Å². The Morgan fingerprint density at radius 1 is 1.13 bits per heavy atom. The van der Waals surface area contributed by atoms with Gasteiger partial charge in [-0.05, 0) is 32.9 Å². The molecule has 1 fully saturated rings. The van der Waals surface area contributed by atoms with Crippen molar-refractivity contribution in [2.75, 3.05) is 31.1 Å². The number of anilines is 1. The molecule has 1 aliphatic rings. The molecule has 3 aromatic rings. The summed E-state index contributed by atoms with van der Waals surface area (Å²) >= 11 is 0. The number of benzene rings is 1. The summed E-state index contributed by atoms with van der Waals surface area (Å²) in [5, 5.41) is 4.76. The minimum absolute atomic E-state index is 0.0226. The van der Waals surface area contributed by atoms with Gasteiger partial charge < -0.3 is 9.80 Å². The minimum Gasteiger partial charge on any atom is -0.366 e. The molecule has 4 rings (SSSR count). The van der Waals surface area contributed by atoms with Gasteiger partial charge in [-0.15, -0.1) is 0 Å². The topological polar surface area (TPSA) is 76.3 Å². The summed E-state index contributed by atoms with van der Waals surface area (Å²) < 4.78 is 17.2. The fraction of sp³-hybridized carbons (Fsp3) is 0.455. The molecule has 0 bridgehead atoms. The van der Waals surface area contributed by atoms with E-state index < -0.39 is 0 Å². The van der Waals surface area contributed by atoms with E-state index in [9.17, 15) is 14.0 Å². The van der Waals surface area contributed by atoms with Gasteiger partial charge in [-0.1, -0.05) is 12.1 Å². The van der Waals surface area contributed by atoms with Gasteiger partial charge in [-0.25, -0.2) is 14.1 Å². The molecule has 0 aliphatic carbocycles. The lowest BCUT2D eigenvalue weighted by atomic mass is 10.1. The summed E-state index contributed by atoms with van der Waals surface area (Å²) in [5.41, 5.74) is 0.632. The molecule has 1 aliphatic heterocycles. The molecule has 0 N–H and O–H groups in total. The lowest BCUT2D eigenvalue weighted by molar-refractivity contribution is -0.131. The third-order valence-electron chi connectivity index (χ3n) is 5.58. The molecule has 3 heterocycles. The molecular weight excluding hydrogens is 399 g/mol. The van der Waals surface area contributed by atoms with Crippen LogP contribution < -0.4 is 10.5 Å². The number of carbonyl (C=O) groups excluding carboxylic acids is 1. The number of hydrogen-bond donors (Lipinski definition) is 0. The maximum absolute atomic E-state index is 14.0. The molecule has 0 unspecified atom stereocenters. The first kappa shape index (κ1) is 21.0. The Morgan fingerprint density at radius 3 is 2.52 bits per heavy atom. The van der Waals surface area contributed by atoms with E-state index in [1.54, 1.807) is 21.7 Å². The van der Waals surface area contributed by atoms with Crippen molar-refractivity contribution in [1.29, 1.82) is 0 Å². The highest BCUT2D eigenvalue weighted by molar-refractivity contribution is 5.77. The third-order valence-corrected chi connectivity index (χ3v) is 5.58. The van der Waals surface area contributed by atoms with E-state index in [0.717, 1.165) is 0 Å². The average Bonchev–Trinajstić information content (AvgIpc) is 3.19. The monoisotopic (exact) mass is 426 g/mol. The van der Waals surface area contributed by atoms with Gasteiger partial charge in [0.15, 0.2) is 5.65 Å². The molecule has 164 valence electrons. The number of halogens is 1. The normalized spacial score (nSPS) is 15.0. The SMILES string of the molecule is CC(C)(C)n1ncc2c(=O)n(CCC(=O)N3CCN(c4ccccc4F)CC3)cnc21. The van der Waals surface area contributed by atoms with Gasteiger partial charge in [0.2, 0.25) is 5.91 Å². The second-order valence-corrected chi connectivity index (χ2v) is 8.78. The van der Waals surface area contributed by atoms with Crippen LogP contribution in [0.1, 0.15) is 27.2 Å². The van der Waals surface area contributed by atoms with Crippen molar-refractivity contribution >= 4 is 22.6 Å². The van der Waals surface area contributed by atoms with Crippen molar-refractivity contribution in [3.63, 3.8) is 0 Å². The van der Waals surface area contributed by atoms with Crippen LogP contribution in [0.4, 0.5) is 10.1 Å². The number of amides is 1. The first-order valence-electron chi connectivity index (χ1n) is 10.5. The van der Waals surface area contributed by atoms with E-state index in [1.165, 1.54) is 23.2 Å². The minimum atomic E-state index is -0.284. The summed E-state index contributed by atoms with van der Waals surface area (Å²) in [5.74, 6) is -0.273. The maximum Gasteiger partial charge on any atom is 0.264 e. The quantitative estimate of drug-likeness (QED) is 0.640. The Kier molecular flexibility index (Phi) is 5.51.